The molecule has 0 bridgehead atoms. The molecule has 546 valence electrons. The van der Waals surface area contributed by atoms with Crippen LogP contribution in [0.4, 0.5) is 102 Å². The van der Waals surface area contributed by atoms with Gasteiger partial charge in [0.1, 0.15) is 0 Å². The molecule has 0 amide bonds. The molecular formula is C108H84N6. The molecule has 0 aromatic heterocycles. The van der Waals surface area contributed by atoms with Crippen molar-refractivity contribution >= 4 is 102 Å². The van der Waals surface area contributed by atoms with Crippen LogP contribution in [0.5, 0.6) is 0 Å². The zero-order valence-electron chi connectivity index (χ0n) is 64.3. The van der Waals surface area contributed by atoms with Crippen LogP contribution < -0.4 is 29.4 Å². The summed E-state index contributed by atoms with van der Waals surface area (Å²) in [6, 6.07) is 159. The van der Waals surface area contributed by atoms with Gasteiger partial charge in [0.05, 0.1) is 22.7 Å². The van der Waals surface area contributed by atoms with E-state index in [0.717, 1.165) is 147 Å². The second-order valence-corrected chi connectivity index (χ2v) is 30.6. The zero-order valence-corrected chi connectivity index (χ0v) is 64.3. The SMILES string of the molecule is CC1(C)c2cc(-c3ccc(N(c4ccccc4)c4ccccc4)cc3)ccc2N(c2ccc(-c3ccc(N(c4ccccc4)c4ccccc4)cc3)cc2)c2cc3c(cc21)N(c1ccc(-c2ccc(N(c4ccccc4)c4ccccc4)cc2)cc1)c1ccc(-c2ccc(N(c4ccccc4)c4ccccc4)cc2)cc1C3(C)C. The van der Waals surface area contributed by atoms with Gasteiger partial charge in [0, 0.05) is 90.5 Å². The molecule has 0 spiro atoms. The van der Waals surface area contributed by atoms with Crippen molar-refractivity contribution in [2.45, 2.75) is 38.5 Å². The smallest absolute Gasteiger partial charge is 0.0507 e. The highest BCUT2D eigenvalue weighted by atomic mass is 15.2. The third-order valence-electron chi connectivity index (χ3n) is 23.0. The van der Waals surface area contributed by atoms with Gasteiger partial charge in [-0.05, 0) is 273 Å². The second kappa shape index (κ2) is 29.7. The quantitative estimate of drug-likeness (QED) is 0.0847. The van der Waals surface area contributed by atoms with Gasteiger partial charge >= 0.3 is 0 Å². The molecule has 2 aliphatic heterocycles. The number of fused-ring (bicyclic) bond motifs is 4. The molecular weight excluding hydrogens is 1380 g/mol. The first-order valence-corrected chi connectivity index (χ1v) is 39.4. The Balaban J connectivity index is 0.742. The summed E-state index contributed by atoms with van der Waals surface area (Å²) in [7, 11) is 0. The number of para-hydroxylation sites is 8. The number of nitrogens with zero attached hydrogens (tertiary/aromatic N) is 6. The summed E-state index contributed by atoms with van der Waals surface area (Å²) in [6.45, 7) is 9.74. The molecule has 0 N–H and O–H groups in total. The van der Waals surface area contributed by atoms with E-state index in [-0.39, 0.29) is 0 Å². The average molecular weight is 1470 g/mol. The maximum Gasteiger partial charge on any atom is 0.0507 e. The Morgan fingerprint density at radius 1 is 0.158 bits per heavy atom. The van der Waals surface area contributed by atoms with E-state index in [2.05, 4.69) is 494 Å². The highest BCUT2D eigenvalue weighted by molar-refractivity contribution is 5.96. The lowest BCUT2D eigenvalue weighted by Crippen LogP contribution is -2.35. The van der Waals surface area contributed by atoms with E-state index < -0.39 is 10.8 Å². The van der Waals surface area contributed by atoms with Gasteiger partial charge in [-0.3, -0.25) is 0 Å². The summed E-state index contributed by atoms with van der Waals surface area (Å²) in [5.41, 5.74) is 33.1. The van der Waals surface area contributed by atoms with Crippen LogP contribution in [-0.2, 0) is 10.8 Å². The minimum atomic E-state index is -0.492. The Kier molecular flexibility index (Phi) is 18.3. The molecule has 0 fully saturated rings. The minimum absolute atomic E-state index is 0.492. The van der Waals surface area contributed by atoms with Gasteiger partial charge in [0.15, 0.2) is 0 Å². The predicted octanol–water partition coefficient (Wildman–Crippen LogP) is 30.5. The van der Waals surface area contributed by atoms with Gasteiger partial charge in [0.2, 0.25) is 0 Å². The zero-order chi connectivity index (χ0) is 76.7. The first-order valence-electron chi connectivity index (χ1n) is 39.4. The number of rotatable bonds is 18. The summed E-state index contributed by atoms with van der Waals surface area (Å²) < 4.78 is 0. The van der Waals surface area contributed by atoms with Gasteiger partial charge in [-0.1, -0.05) is 258 Å². The van der Waals surface area contributed by atoms with E-state index in [0.29, 0.717) is 0 Å². The Bertz CT molecular complexity index is 5660. The summed E-state index contributed by atoms with van der Waals surface area (Å²) >= 11 is 0. The van der Waals surface area contributed by atoms with Crippen molar-refractivity contribution in [3.05, 3.63) is 459 Å². The van der Waals surface area contributed by atoms with Crippen LogP contribution in [0.25, 0.3) is 44.5 Å². The van der Waals surface area contributed by atoms with Crippen LogP contribution in [0.2, 0.25) is 0 Å². The minimum Gasteiger partial charge on any atom is -0.311 e. The lowest BCUT2D eigenvalue weighted by atomic mass is 9.68. The standard InChI is InChI=1S/C108H84N6/c1-107(2)99-73-83(81-53-63-95(64-54-81)111(89-37-21-9-22-38-89)90-39-23-10-24-40-90)57-71-103(99)113(97-67-49-79(50-68-97)77-45-59-93(60-46-77)109(85-29-13-5-14-30-85)86-31-15-6-16-32-86)105-76-102-106(75-101(105)107)114(98-69-51-80(52-70-98)78-47-61-94(62-48-78)110(87-33-17-7-18-34-87)88-35-19-8-20-36-88)104-72-58-84(74-100(104)108(102,3)4)82-55-65-96(66-56-82)112(91-41-25-11-26-42-91)92-43-27-12-28-44-92/h5-76H,1-4H3. The third-order valence-corrected chi connectivity index (χ3v) is 23.0. The Morgan fingerprint density at radius 3 is 0.535 bits per heavy atom. The summed E-state index contributed by atoms with van der Waals surface area (Å²) in [6.07, 6.45) is 0. The number of hydrogen-bond donors (Lipinski definition) is 0. The molecule has 0 aliphatic carbocycles. The molecule has 2 heterocycles. The third kappa shape index (κ3) is 13.1. The van der Waals surface area contributed by atoms with Crippen molar-refractivity contribution in [1.29, 1.82) is 0 Å². The van der Waals surface area contributed by atoms with Crippen molar-refractivity contribution < 1.29 is 0 Å². The maximum atomic E-state index is 2.55. The van der Waals surface area contributed by atoms with Gasteiger partial charge < -0.3 is 29.4 Å². The summed E-state index contributed by atoms with van der Waals surface area (Å²) in [4.78, 5) is 14.4. The van der Waals surface area contributed by atoms with E-state index >= 15 is 0 Å². The lowest BCUT2D eigenvalue weighted by Gasteiger charge is -2.47. The van der Waals surface area contributed by atoms with Crippen molar-refractivity contribution in [3.8, 4) is 44.5 Å². The number of hydrogen-bond acceptors (Lipinski definition) is 6. The molecule has 6 nitrogen and oxygen atoms in total. The first kappa shape index (κ1) is 70.0. The average Bonchev–Trinajstić information content (AvgIpc) is 0.694. The van der Waals surface area contributed by atoms with Crippen molar-refractivity contribution in [2.24, 2.45) is 0 Å². The van der Waals surface area contributed by atoms with Crippen LogP contribution in [0.3, 0.4) is 0 Å². The molecule has 0 radical (unpaired) electrons. The molecule has 0 unspecified atom stereocenters. The van der Waals surface area contributed by atoms with E-state index in [9.17, 15) is 0 Å². The van der Waals surface area contributed by atoms with E-state index in [1.807, 2.05) is 0 Å². The van der Waals surface area contributed by atoms with Crippen molar-refractivity contribution in [2.75, 3.05) is 29.4 Å². The van der Waals surface area contributed by atoms with Crippen LogP contribution in [0.15, 0.2) is 437 Å². The molecule has 6 heteroatoms. The summed E-state index contributed by atoms with van der Waals surface area (Å²) in [5, 5.41) is 0. The van der Waals surface area contributed by atoms with Crippen LogP contribution in [0.1, 0.15) is 49.9 Å². The fourth-order valence-corrected chi connectivity index (χ4v) is 17.1. The summed E-state index contributed by atoms with van der Waals surface area (Å²) in [5.74, 6) is 0. The van der Waals surface area contributed by atoms with Crippen LogP contribution in [0, 0.1) is 0 Å². The Labute approximate surface area is 669 Å². The van der Waals surface area contributed by atoms with Crippen LogP contribution >= 0.6 is 0 Å². The molecule has 0 saturated heterocycles. The molecule has 2 aliphatic rings. The number of benzene rings is 17. The monoisotopic (exact) mass is 1460 g/mol. The molecule has 114 heavy (non-hydrogen) atoms. The molecule has 19 rings (SSSR count). The Hall–Kier alpha value is -14.5. The van der Waals surface area contributed by atoms with Gasteiger partial charge in [0.25, 0.3) is 0 Å². The van der Waals surface area contributed by atoms with Gasteiger partial charge in [-0.15, -0.1) is 0 Å². The lowest BCUT2D eigenvalue weighted by molar-refractivity contribution is 0.615. The van der Waals surface area contributed by atoms with E-state index in [1.54, 1.807) is 0 Å². The largest absolute Gasteiger partial charge is 0.311 e. The molecule has 0 atom stereocenters. The fourth-order valence-electron chi connectivity index (χ4n) is 17.1. The topological polar surface area (TPSA) is 19.4 Å². The highest BCUT2D eigenvalue weighted by Crippen LogP contribution is 2.60. The second-order valence-electron chi connectivity index (χ2n) is 30.6. The fraction of sp³-hybridized carbons (Fsp3) is 0.0556. The van der Waals surface area contributed by atoms with Crippen molar-refractivity contribution in [3.63, 3.8) is 0 Å². The maximum absolute atomic E-state index is 2.55. The normalized spacial score (nSPS) is 12.8. The predicted molar refractivity (Wildman–Crippen MR) is 481 cm³/mol. The molecule has 17 aromatic carbocycles. The van der Waals surface area contributed by atoms with Crippen LogP contribution in [-0.4, -0.2) is 0 Å². The van der Waals surface area contributed by atoms with E-state index in [1.165, 1.54) is 22.3 Å². The molecule has 17 aromatic rings. The van der Waals surface area contributed by atoms with Gasteiger partial charge in [-0.2, -0.15) is 0 Å². The van der Waals surface area contributed by atoms with Crippen molar-refractivity contribution in [1.82, 2.24) is 0 Å². The molecule has 0 saturated carbocycles. The van der Waals surface area contributed by atoms with E-state index in [4.69, 9.17) is 0 Å². The highest BCUT2D eigenvalue weighted by Gasteiger charge is 2.44. The first-order chi connectivity index (χ1) is 56.1. The Morgan fingerprint density at radius 2 is 0.325 bits per heavy atom. The van der Waals surface area contributed by atoms with Gasteiger partial charge in [-0.25, -0.2) is 0 Å². The number of anilines is 18.